The molecule has 0 aromatic heterocycles. The lowest BCUT2D eigenvalue weighted by Crippen LogP contribution is -1.96. The van der Waals surface area contributed by atoms with Crippen molar-refractivity contribution >= 4 is 11.8 Å². The van der Waals surface area contributed by atoms with Crippen molar-refractivity contribution < 1.29 is 13.2 Å². The molecule has 0 saturated heterocycles. The zero-order valence-corrected chi connectivity index (χ0v) is 7.84. The minimum Gasteiger partial charge on any atom is -0.160 e. The Hall–Kier alpha value is -0.120. The number of rotatable bonds is 5. The summed E-state index contributed by atoms with van der Waals surface area (Å²) >= 11 is -0.0889. The van der Waals surface area contributed by atoms with Crippen LogP contribution < -0.4 is 0 Å². The first-order valence-electron chi connectivity index (χ1n) is 3.96. The molecule has 0 nitrogen and oxygen atoms in total. The van der Waals surface area contributed by atoms with Gasteiger partial charge in [0.25, 0.3) is 0 Å². The summed E-state index contributed by atoms with van der Waals surface area (Å²) in [5.41, 5.74) is -4.12. The monoisotopic (exact) mass is 198 g/mol. The van der Waals surface area contributed by atoms with Gasteiger partial charge < -0.3 is 0 Å². The smallest absolute Gasteiger partial charge is 0.160 e. The van der Waals surface area contributed by atoms with E-state index < -0.39 is 5.51 Å². The molecule has 4 heteroatoms. The molecule has 0 bridgehead atoms. The maximum Gasteiger partial charge on any atom is 0.445 e. The van der Waals surface area contributed by atoms with Gasteiger partial charge in [-0.1, -0.05) is 25.8 Å². The van der Waals surface area contributed by atoms with Gasteiger partial charge in [0, 0.05) is 0 Å². The zero-order valence-electron chi connectivity index (χ0n) is 7.03. The van der Waals surface area contributed by atoms with E-state index in [4.69, 9.17) is 0 Å². The summed E-state index contributed by atoms with van der Waals surface area (Å²) in [6, 6.07) is 0. The molecular weight excluding hydrogens is 185 g/mol. The average Bonchev–Trinajstić information content (AvgIpc) is 1.94. The van der Waals surface area contributed by atoms with Crippen LogP contribution in [0.4, 0.5) is 13.2 Å². The first-order chi connectivity index (χ1) is 5.56. The van der Waals surface area contributed by atoms with Crippen LogP contribution in [0.15, 0.2) is 11.5 Å². The number of allylic oxidation sites excluding steroid dienone is 1. The Morgan fingerprint density at radius 3 is 2.42 bits per heavy atom. The molecule has 0 aromatic rings. The van der Waals surface area contributed by atoms with E-state index in [1.54, 1.807) is 6.08 Å². The molecule has 0 spiro atoms. The molecule has 12 heavy (non-hydrogen) atoms. The van der Waals surface area contributed by atoms with Crippen LogP contribution in [-0.4, -0.2) is 5.51 Å². The average molecular weight is 198 g/mol. The van der Waals surface area contributed by atoms with E-state index in [-0.39, 0.29) is 11.8 Å². The van der Waals surface area contributed by atoms with Gasteiger partial charge in [0.15, 0.2) is 0 Å². The first-order valence-corrected chi connectivity index (χ1v) is 4.84. The number of thioether (sulfide) groups is 1. The van der Waals surface area contributed by atoms with Crippen molar-refractivity contribution in [2.45, 2.75) is 38.1 Å². The van der Waals surface area contributed by atoms with Crippen molar-refractivity contribution in [3.8, 4) is 0 Å². The molecule has 0 heterocycles. The van der Waals surface area contributed by atoms with E-state index in [1.165, 1.54) is 0 Å². The fraction of sp³-hybridized carbons (Fsp3) is 0.750. The van der Waals surface area contributed by atoms with Gasteiger partial charge >= 0.3 is 5.51 Å². The quantitative estimate of drug-likeness (QED) is 0.592. The van der Waals surface area contributed by atoms with Gasteiger partial charge in [-0.15, -0.1) is 0 Å². The summed E-state index contributed by atoms with van der Waals surface area (Å²) in [4.78, 5) is 0. The number of unbranched alkanes of at least 4 members (excludes halogenated alkanes) is 3. The normalized spacial score (nSPS) is 12.7. The van der Waals surface area contributed by atoms with Crippen LogP contribution in [0, 0.1) is 0 Å². The minimum atomic E-state index is -4.12. The van der Waals surface area contributed by atoms with E-state index >= 15 is 0 Å². The van der Waals surface area contributed by atoms with E-state index in [0.717, 1.165) is 31.1 Å². The van der Waals surface area contributed by atoms with Gasteiger partial charge in [-0.25, -0.2) is 0 Å². The van der Waals surface area contributed by atoms with Gasteiger partial charge in [0.1, 0.15) is 0 Å². The first kappa shape index (κ1) is 11.9. The summed E-state index contributed by atoms with van der Waals surface area (Å²) in [5, 5.41) is 1.12. The number of hydrogen-bond acceptors (Lipinski definition) is 1. The van der Waals surface area contributed by atoms with Crippen LogP contribution in [0.5, 0.6) is 0 Å². The summed E-state index contributed by atoms with van der Waals surface area (Å²) in [5.74, 6) is 0. The lowest BCUT2D eigenvalue weighted by molar-refractivity contribution is -0.0320. The van der Waals surface area contributed by atoms with E-state index in [2.05, 4.69) is 6.92 Å². The predicted octanol–water partition coefficient (Wildman–Crippen LogP) is 4.33. The molecule has 0 aliphatic rings. The highest BCUT2D eigenvalue weighted by atomic mass is 32.2. The molecule has 0 rings (SSSR count). The van der Waals surface area contributed by atoms with Crippen LogP contribution in [0.25, 0.3) is 0 Å². The van der Waals surface area contributed by atoms with Crippen LogP contribution >= 0.6 is 11.8 Å². The third kappa shape index (κ3) is 9.88. The Labute approximate surface area is 75.2 Å². The van der Waals surface area contributed by atoms with Crippen LogP contribution in [0.1, 0.15) is 32.6 Å². The highest BCUT2D eigenvalue weighted by molar-refractivity contribution is 8.02. The van der Waals surface area contributed by atoms with Gasteiger partial charge in [-0.2, -0.15) is 13.2 Å². The minimum absolute atomic E-state index is 0.0889. The van der Waals surface area contributed by atoms with Crippen molar-refractivity contribution in [2.24, 2.45) is 0 Å². The van der Waals surface area contributed by atoms with Gasteiger partial charge in [-0.3, -0.25) is 0 Å². The third-order valence-corrected chi connectivity index (χ3v) is 1.87. The Morgan fingerprint density at radius 2 is 1.92 bits per heavy atom. The summed E-state index contributed by atoms with van der Waals surface area (Å²) in [6.45, 7) is 2.06. The highest BCUT2D eigenvalue weighted by Crippen LogP contribution is 2.30. The zero-order chi connectivity index (χ0) is 9.45. The molecule has 0 aliphatic carbocycles. The van der Waals surface area contributed by atoms with Crippen molar-refractivity contribution in [3.63, 3.8) is 0 Å². The van der Waals surface area contributed by atoms with Crippen LogP contribution in [0.3, 0.4) is 0 Å². The van der Waals surface area contributed by atoms with Crippen molar-refractivity contribution in [2.75, 3.05) is 0 Å². The molecular formula is C8H13F3S. The molecule has 0 amide bonds. The fourth-order valence-electron chi connectivity index (χ4n) is 0.705. The number of hydrogen-bond donors (Lipinski definition) is 0. The second-order valence-corrected chi connectivity index (χ2v) is 3.40. The van der Waals surface area contributed by atoms with E-state index in [0.29, 0.717) is 0 Å². The fourth-order valence-corrected chi connectivity index (χ4v) is 1.09. The van der Waals surface area contributed by atoms with E-state index in [9.17, 15) is 13.2 Å². The van der Waals surface area contributed by atoms with Crippen molar-refractivity contribution in [1.82, 2.24) is 0 Å². The Bertz CT molecular complexity index is 129. The largest absolute Gasteiger partial charge is 0.445 e. The Morgan fingerprint density at radius 1 is 1.25 bits per heavy atom. The maximum absolute atomic E-state index is 11.5. The van der Waals surface area contributed by atoms with Crippen LogP contribution in [0.2, 0.25) is 0 Å². The highest BCUT2D eigenvalue weighted by Gasteiger charge is 2.26. The molecule has 0 N–H and O–H groups in total. The van der Waals surface area contributed by atoms with Gasteiger partial charge in [-0.05, 0) is 30.0 Å². The third-order valence-electron chi connectivity index (χ3n) is 1.27. The topological polar surface area (TPSA) is 0 Å². The summed E-state index contributed by atoms with van der Waals surface area (Å²) in [6.07, 6.45) is 5.48. The lowest BCUT2D eigenvalue weighted by Gasteiger charge is -1.98. The molecule has 0 radical (unpaired) electrons. The SMILES string of the molecule is CCCCC/C=C/SC(F)(F)F. The standard InChI is InChI=1S/C8H13F3S/c1-2-3-4-5-6-7-12-8(9,10)11/h6-7H,2-5H2,1H3/b7-6+. The van der Waals surface area contributed by atoms with E-state index in [1.807, 2.05) is 0 Å². The maximum atomic E-state index is 11.5. The Kier molecular flexibility index (Phi) is 6.34. The predicted molar refractivity (Wildman–Crippen MR) is 46.9 cm³/mol. The van der Waals surface area contributed by atoms with Crippen molar-refractivity contribution in [3.05, 3.63) is 11.5 Å². The molecule has 0 aromatic carbocycles. The molecule has 0 aliphatic heterocycles. The second-order valence-electron chi connectivity index (χ2n) is 2.43. The lowest BCUT2D eigenvalue weighted by atomic mass is 10.2. The summed E-state index contributed by atoms with van der Waals surface area (Å²) < 4.78 is 34.6. The molecule has 0 fully saturated rings. The second kappa shape index (κ2) is 6.40. The summed E-state index contributed by atoms with van der Waals surface area (Å²) in [7, 11) is 0. The van der Waals surface area contributed by atoms with Gasteiger partial charge in [0.05, 0.1) is 0 Å². The molecule has 0 atom stereocenters. The number of halogens is 3. The van der Waals surface area contributed by atoms with Crippen molar-refractivity contribution in [1.29, 1.82) is 0 Å². The van der Waals surface area contributed by atoms with Crippen LogP contribution in [-0.2, 0) is 0 Å². The molecule has 0 saturated carbocycles. The molecule has 0 unspecified atom stereocenters. The molecule has 72 valence electrons. The van der Waals surface area contributed by atoms with Gasteiger partial charge in [0.2, 0.25) is 0 Å². The Balaban J connectivity index is 3.26. The number of alkyl halides is 3.